The van der Waals surface area contributed by atoms with E-state index in [-0.39, 0.29) is 31.1 Å². The van der Waals surface area contributed by atoms with Crippen LogP contribution in [0.1, 0.15) is 19.3 Å². The van der Waals surface area contributed by atoms with Gasteiger partial charge in [0.2, 0.25) is 0 Å². The number of carboxylic acid groups (broad SMARTS) is 6. The Morgan fingerprint density at radius 2 is 0.773 bits per heavy atom. The zero-order chi connectivity index (χ0) is 17.6. The molecule has 0 saturated carbocycles. The van der Waals surface area contributed by atoms with Crippen LogP contribution in [-0.4, -0.2) is 51.1 Å². The van der Waals surface area contributed by atoms with Crippen LogP contribution in [0.15, 0.2) is 0 Å². The molecule has 3 N–H and O–H groups in total. The molecule has 1 radical (unpaired) electrons. The molecule has 0 spiro atoms. The summed E-state index contributed by atoms with van der Waals surface area (Å²) >= 11 is 0. The molecule has 13 heteroatoms. The van der Waals surface area contributed by atoms with Gasteiger partial charge in [-0.2, -0.15) is 0 Å². The SMILES string of the molecule is O=C(O)CC(=O)O.O=C([O-])CC(=O)O.O=C([O-])CC(=O)[O-].[U+3]. The molecule has 0 aliphatic carbocycles. The van der Waals surface area contributed by atoms with Gasteiger partial charge in [0.15, 0.2) is 0 Å². The maximum Gasteiger partial charge on any atom is 3.00 e. The van der Waals surface area contributed by atoms with Gasteiger partial charge in [-0.15, -0.1) is 0 Å². The molecule has 0 aromatic heterocycles. The summed E-state index contributed by atoms with van der Waals surface area (Å²) in [4.78, 5) is 56.1. The van der Waals surface area contributed by atoms with Crippen LogP contribution in [0, 0.1) is 31.1 Å². The molecule has 22 heavy (non-hydrogen) atoms. The molecule has 0 aliphatic heterocycles. The van der Waals surface area contributed by atoms with E-state index in [1.54, 1.807) is 0 Å². The zero-order valence-electron chi connectivity index (χ0n) is 10.6. The van der Waals surface area contributed by atoms with Crippen LogP contribution >= 0.6 is 0 Å². The Morgan fingerprint density at radius 3 is 0.773 bits per heavy atom. The van der Waals surface area contributed by atoms with Gasteiger partial charge in [0.1, 0.15) is 6.42 Å². The number of hydrogen-bond acceptors (Lipinski definition) is 9. The minimum absolute atomic E-state index is 0. The van der Waals surface area contributed by atoms with E-state index in [9.17, 15) is 44.1 Å². The van der Waals surface area contributed by atoms with E-state index in [1.165, 1.54) is 0 Å². The van der Waals surface area contributed by atoms with Crippen molar-refractivity contribution in [2.75, 3.05) is 0 Å². The van der Waals surface area contributed by atoms with E-state index in [0.717, 1.165) is 0 Å². The number of carbonyl (C=O) groups is 6. The van der Waals surface area contributed by atoms with Crippen molar-refractivity contribution in [1.82, 2.24) is 0 Å². The van der Waals surface area contributed by atoms with Crippen molar-refractivity contribution >= 4 is 35.8 Å². The van der Waals surface area contributed by atoms with Gasteiger partial charge in [0.05, 0.1) is 12.4 Å². The van der Waals surface area contributed by atoms with E-state index >= 15 is 0 Å². The Balaban J connectivity index is -0.000000108. The fraction of sp³-hybridized carbons (Fsp3) is 0.333. The van der Waals surface area contributed by atoms with Crippen molar-refractivity contribution in [3.8, 4) is 0 Å². The standard InChI is InChI=1S/3C3H4O4.U/c3*4-2(5)1-3(6)7;/h3*1H2,(H,4,5)(H,6,7);/q;;;+3/p-3. The third-order valence-electron chi connectivity index (χ3n) is 0.887. The van der Waals surface area contributed by atoms with Crippen LogP contribution in [0.2, 0.25) is 0 Å². The predicted molar refractivity (Wildman–Crippen MR) is 51.8 cm³/mol. The largest absolute Gasteiger partial charge is 3.00 e. The molecule has 0 heterocycles. The second-order valence-corrected chi connectivity index (χ2v) is 2.83. The average molecular weight is 547 g/mol. The summed E-state index contributed by atoms with van der Waals surface area (Å²) in [5.41, 5.74) is 0. The summed E-state index contributed by atoms with van der Waals surface area (Å²) in [7, 11) is 0. The van der Waals surface area contributed by atoms with Crippen LogP contribution in [0.4, 0.5) is 0 Å². The van der Waals surface area contributed by atoms with Crippen LogP contribution in [0.5, 0.6) is 0 Å². The molecule has 0 fully saturated rings. The van der Waals surface area contributed by atoms with Crippen LogP contribution in [0.25, 0.3) is 0 Å². The third kappa shape index (κ3) is 52.2. The normalized spacial score (nSPS) is 7.64. The van der Waals surface area contributed by atoms with Crippen LogP contribution in [-0.2, 0) is 28.8 Å². The summed E-state index contributed by atoms with van der Waals surface area (Å²) in [6.07, 6.45) is -2.75. The molecule has 0 bridgehead atoms. The summed E-state index contributed by atoms with van der Waals surface area (Å²) in [5, 5.41) is 50.9. The number of carbonyl (C=O) groups excluding carboxylic acids is 3. The number of carboxylic acids is 6. The fourth-order valence-electron chi connectivity index (χ4n) is 0.371. The smallest absolute Gasteiger partial charge is 0.550 e. The molecule has 12 nitrogen and oxygen atoms in total. The summed E-state index contributed by atoms with van der Waals surface area (Å²) in [6.45, 7) is 0. The monoisotopic (exact) mass is 547 g/mol. The first-order valence-electron chi connectivity index (χ1n) is 4.63. The topological polar surface area (TPSA) is 232 Å². The summed E-state index contributed by atoms with van der Waals surface area (Å²) < 4.78 is 0. The molecule has 0 saturated heterocycles. The van der Waals surface area contributed by atoms with Gasteiger partial charge in [0.25, 0.3) is 0 Å². The Hall–Kier alpha value is -2.13. The van der Waals surface area contributed by atoms with Gasteiger partial charge in [-0.1, -0.05) is 0 Å². The average Bonchev–Trinajstić information content (AvgIpc) is 2.10. The molecular formula is C9H9O12U. The quantitative estimate of drug-likeness (QED) is 0.265. The van der Waals surface area contributed by atoms with Crippen LogP contribution < -0.4 is 15.3 Å². The maximum absolute atomic E-state index is 9.43. The fourth-order valence-corrected chi connectivity index (χ4v) is 0.371. The van der Waals surface area contributed by atoms with E-state index < -0.39 is 55.1 Å². The first kappa shape index (κ1) is 28.1. The number of aliphatic carboxylic acids is 6. The Kier molecular flexibility index (Phi) is 21.6. The van der Waals surface area contributed by atoms with Crippen molar-refractivity contribution in [3.63, 3.8) is 0 Å². The number of rotatable bonds is 6. The van der Waals surface area contributed by atoms with Crippen LogP contribution in [0.3, 0.4) is 0 Å². The van der Waals surface area contributed by atoms with E-state index in [0.29, 0.717) is 0 Å². The van der Waals surface area contributed by atoms with Gasteiger partial charge in [-0.05, 0) is 0 Å². The van der Waals surface area contributed by atoms with Crippen molar-refractivity contribution in [3.05, 3.63) is 0 Å². The number of hydrogen-bond donors (Lipinski definition) is 3. The van der Waals surface area contributed by atoms with Crippen molar-refractivity contribution in [1.29, 1.82) is 0 Å². The molecular weight excluding hydrogens is 538 g/mol. The second kappa shape index (κ2) is 16.9. The van der Waals surface area contributed by atoms with Crippen molar-refractivity contribution < 1.29 is 90.5 Å². The first-order chi connectivity index (χ1) is 9.38. The Bertz CT molecular complexity index is 317. The molecule has 0 unspecified atom stereocenters. The predicted octanol–water partition coefficient (Wildman–Crippen LogP) is -5.37. The maximum atomic E-state index is 9.43. The molecule has 0 aromatic carbocycles. The Labute approximate surface area is 145 Å². The van der Waals surface area contributed by atoms with Gasteiger partial charge in [0, 0.05) is 18.4 Å². The van der Waals surface area contributed by atoms with Gasteiger partial charge in [-0.25, -0.2) is 0 Å². The van der Waals surface area contributed by atoms with Gasteiger partial charge in [-0.3, -0.25) is 14.4 Å². The molecule has 0 atom stereocenters. The molecule has 0 aliphatic rings. The molecule has 0 aromatic rings. The summed E-state index contributed by atoms with van der Waals surface area (Å²) in [6, 6.07) is 0. The van der Waals surface area contributed by atoms with E-state index in [1.807, 2.05) is 0 Å². The minimum Gasteiger partial charge on any atom is -0.550 e. The molecule has 121 valence electrons. The van der Waals surface area contributed by atoms with Gasteiger partial charge < -0.3 is 45.0 Å². The third-order valence-corrected chi connectivity index (χ3v) is 0.887. The van der Waals surface area contributed by atoms with E-state index in [4.69, 9.17) is 15.3 Å². The van der Waals surface area contributed by atoms with E-state index in [2.05, 4.69) is 0 Å². The van der Waals surface area contributed by atoms with Crippen molar-refractivity contribution in [2.45, 2.75) is 19.3 Å². The molecule has 0 amide bonds. The minimum atomic E-state index is -1.63. The summed E-state index contributed by atoms with van der Waals surface area (Å²) in [5.74, 6) is -8.81. The Morgan fingerprint density at radius 1 is 0.545 bits per heavy atom. The van der Waals surface area contributed by atoms with Gasteiger partial charge >= 0.3 is 49.0 Å². The molecule has 0 rings (SSSR count). The first-order valence-corrected chi connectivity index (χ1v) is 4.63. The second-order valence-electron chi connectivity index (χ2n) is 2.83. The van der Waals surface area contributed by atoms with Crippen molar-refractivity contribution in [2.24, 2.45) is 0 Å². The zero-order valence-corrected chi connectivity index (χ0v) is 14.8.